The molecule has 0 aliphatic rings. The summed E-state index contributed by atoms with van der Waals surface area (Å²) in [6.45, 7) is 3.89. The zero-order valence-corrected chi connectivity index (χ0v) is 11.6. The molecule has 96 valence electrons. The third-order valence-electron chi connectivity index (χ3n) is 2.76. The number of hydrogen-bond donors (Lipinski definition) is 0. The van der Waals surface area contributed by atoms with Crippen LogP contribution in [0, 0.1) is 18.3 Å². The fraction of sp³-hybridized carbons (Fsp3) is 0.200. The molecule has 19 heavy (non-hydrogen) atoms. The van der Waals surface area contributed by atoms with E-state index in [2.05, 4.69) is 6.07 Å². The quantitative estimate of drug-likeness (QED) is 0.798. The average Bonchev–Trinajstić information content (AvgIpc) is 2.77. The van der Waals surface area contributed by atoms with Gasteiger partial charge in [-0.05, 0) is 25.0 Å². The highest BCUT2D eigenvalue weighted by Crippen LogP contribution is 2.36. The molecule has 3 nitrogen and oxygen atoms in total. The zero-order valence-electron chi connectivity index (χ0n) is 10.8. The van der Waals surface area contributed by atoms with Gasteiger partial charge in [0.15, 0.2) is 0 Å². The summed E-state index contributed by atoms with van der Waals surface area (Å²) in [5.74, 6) is -0.358. The second kappa shape index (κ2) is 5.68. The van der Waals surface area contributed by atoms with Gasteiger partial charge < -0.3 is 4.74 Å². The van der Waals surface area contributed by atoms with Crippen LogP contribution in [0.5, 0.6) is 0 Å². The molecule has 0 unspecified atom stereocenters. The predicted molar refractivity (Wildman–Crippen MR) is 75.2 cm³/mol. The molecular formula is C15H13NO2S. The maximum atomic E-state index is 11.9. The molecule has 1 aromatic carbocycles. The number of rotatable bonds is 3. The van der Waals surface area contributed by atoms with Crippen molar-refractivity contribution in [2.24, 2.45) is 0 Å². The van der Waals surface area contributed by atoms with Gasteiger partial charge in [0.2, 0.25) is 0 Å². The fourth-order valence-corrected chi connectivity index (χ4v) is 2.99. The molecule has 0 amide bonds. The standard InChI is InChI=1S/C15H13NO2S/c1-3-18-15(17)13-10(2)12(9-16)14(19-13)11-7-5-4-6-8-11/h4-8H,3H2,1-2H3. The number of benzene rings is 1. The van der Waals surface area contributed by atoms with Crippen LogP contribution in [-0.2, 0) is 4.74 Å². The van der Waals surface area contributed by atoms with Gasteiger partial charge in [-0.1, -0.05) is 30.3 Å². The summed E-state index contributed by atoms with van der Waals surface area (Å²) in [7, 11) is 0. The van der Waals surface area contributed by atoms with Gasteiger partial charge >= 0.3 is 5.97 Å². The second-order valence-corrected chi connectivity index (χ2v) is 4.98. The van der Waals surface area contributed by atoms with Crippen LogP contribution in [0.15, 0.2) is 30.3 Å². The number of thiophene rings is 1. The van der Waals surface area contributed by atoms with Crippen LogP contribution in [0.2, 0.25) is 0 Å². The normalized spacial score (nSPS) is 9.95. The van der Waals surface area contributed by atoms with Crippen molar-refractivity contribution in [3.63, 3.8) is 0 Å². The van der Waals surface area contributed by atoms with Crippen LogP contribution < -0.4 is 0 Å². The Morgan fingerprint density at radius 2 is 2.05 bits per heavy atom. The van der Waals surface area contributed by atoms with E-state index < -0.39 is 0 Å². The Bertz CT molecular complexity index is 638. The van der Waals surface area contributed by atoms with Crippen molar-refractivity contribution in [2.45, 2.75) is 13.8 Å². The smallest absolute Gasteiger partial charge is 0.348 e. The van der Waals surface area contributed by atoms with E-state index in [0.717, 1.165) is 10.4 Å². The molecule has 0 atom stereocenters. The van der Waals surface area contributed by atoms with Crippen LogP contribution in [0.1, 0.15) is 27.7 Å². The molecule has 2 rings (SSSR count). The summed E-state index contributed by atoms with van der Waals surface area (Å²) in [5, 5.41) is 9.29. The molecule has 0 fully saturated rings. The SMILES string of the molecule is CCOC(=O)c1sc(-c2ccccc2)c(C#N)c1C. The molecule has 0 aliphatic heterocycles. The van der Waals surface area contributed by atoms with Crippen molar-refractivity contribution < 1.29 is 9.53 Å². The molecule has 2 aromatic rings. The van der Waals surface area contributed by atoms with Gasteiger partial charge in [0, 0.05) is 0 Å². The molecule has 0 aliphatic carbocycles. The van der Waals surface area contributed by atoms with Gasteiger partial charge in [-0.15, -0.1) is 11.3 Å². The summed E-state index contributed by atoms with van der Waals surface area (Å²) >= 11 is 1.31. The fourth-order valence-electron chi connectivity index (χ4n) is 1.83. The Morgan fingerprint density at radius 1 is 1.37 bits per heavy atom. The Morgan fingerprint density at radius 3 is 2.63 bits per heavy atom. The topological polar surface area (TPSA) is 50.1 Å². The van der Waals surface area contributed by atoms with Crippen molar-refractivity contribution in [1.29, 1.82) is 5.26 Å². The Kier molecular flexibility index (Phi) is 3.98. The first-order chi connectivity index (χ1) is 9.19. The summed E-state index contributed by atoms with van der Waals surface area (Å²) in [6, 6.07) is 11.8. The molecule has 0 saturated heterocycles. The molecule has 1 aromatic heterocycles. The summed E-state index contributed by atoms with van der Waals surface area (Å²) < 4.78 is 5.02. The average molecular weight is 271 g/mol. The van der Waals surface area contributed by atoms with Crippen LogP contribution in [0.25, 0.3) is 10.4 Å². The van der Waals surface area contributed by atoms with E-state index >= 15 is 0 Å². The van der Waals surface area contributed by atoms with Gasteiger partial charge in [0.05, 0.1) is 17.0 Å². The lowest BCUT2D eigenvalue weighted by Gasteiger charge is -1.98. The van der Waals surface area contributed by atoms with Gasteiger partial charge in [-0.2, -0.15) is 5.26 Å². The Balaban J connectivity index is 2.55. The van der Waals surface area contributed by atoms with E-state index in [4.69, 9.17) is 4.74 Å². The minimum atomic E-state index is -0.358. The molecule has 1 heterocycles. The maximum Gasteiger partial charge on any atom is 0.348 e. The number of nitriles is 1. The van der Waals surface area contributed by atoms with Crippen molar-refractivity contribution in [2.75, 3.05) is 6.61 Å². The monoisotopic (exact) mass is 271 g/mol. The largest absolute Gasteiger partial charge is 0.462 e. The lowest BCUT2D eigenvalue weighted by atomic mass is 10.1. The Labute approximate surface area is 116 Å². The van der Waals surface area contributed by atoms with E-state index in [0.29, 0.717) is 22.6 Å². The van der Waals surface area contributed by atoms with E-state index in [1.54, 1.807) is 13.8 Å². The number of hydrogen-bond acceptors (Lipinski definition) is 4. The third kappa shape index (κ3) is 2.51. The van der Waals surface area contributed by atoms with Gasteiger partial charge in [-0.3, -0.25) is 0 Å². The maximum absolute atomic E-state index is 11.9. The number of ether oxygens (including phenoxy) is 1. The number of nitrogens with zero attached hydrogens (tertiary/aromatic N) is 1. The van der Waals surface area contributed by atoms with E-state index in [-0.39, 0.29) is 5.97 Å². The highest BCUT2D eigenvalue weighted by Gasteiger charge is 2.21. The summed E-state index contributed by atoms with van der Waals surface area (Å²) in [4.78, 5) is 13.2. The van der Waals surface area contributed by atoms with E-state index in [1.165, 1.54) is 11.3 Å². The molecule has 0 bridgehead atoms. The molecule has 4 heteroatoms. The van der Waals surface area contributed by atoms with Gasteiger partial charge in [0.25, 0.3) is 0 Å². The second-order valence-electron chi connectivity index (χ2n) is 3.96. The van der Waals surface area contributed by atoms with E-state index in [9.17, 15) is 10.1 Å². The summed E-state index contributed by atoms with van der Waals surface area (Å²) in [6.07, 6.45) is 0. The first-order valence-corrected chi connectivity index (χ1v) is 6.76. The van der Waals surface area contributed by atoms with Crippen molar-refractivity contribution >= 4 is 17.3 Å². The van der Waals surface area contributed by atoms with Crippen LogP contribution in [-0.4, -0.2) is 12.6 Å². The number of carbonyl (C=O) groups excluding carboxylic acids is 1. The van der Waals surface area contributed by atoms with Crippen LogP contribution in [0.4, 0.5) is 0 Å². The highest BCUT2D eigenvalue weighted by molar-refractivity contribution is 7.17. The molecule has 0 N–H and O–H groups in total. The van der Waals surface area contributed by atoms with Crippen molar-refractivity contribution in [3.8, 4) is 16.5 Å². The molecule has 0 spiro atoms. The minimum Gasteiger partial charge on any atom is -0.462 e. The number of carbonyl (C=O) groups is 1. The van der Waals surface area contributed by atoms with Gasteiger partial charge in [-0.25, -0.2) is 4.79 Å². The lowest BCUT2D eigenvalue weighted by Crippen LogP contribution is -2.03. The van der Waals surface area contributed by atoms with E-state index in [1.807, 2.05) is 30.3 Å². The Hall–Kier alpha value is -2.12. The number of esters is 1. The molecule has 0 saturated carbocycles. The first kappa shape index (κ1) is 13.3. The minimum absolute atomic E-state index is 0.332. The third-order valence-corrected chi connectivity index (χ3v) is 4.08. The first-order valence-electron chi connectivity index (χ1n) is 5.95. The van der Waals surface area contributed by atoms with Crippen molar-refractivity contribution in [1.82, 2.24) is 0 Å². The molecule has 0 radical (unpaired) electrons. The zero-order chi connectivity index (χ0) is 13.8. The van der Waals surface area contributed by atoms with Crippen molar-refractivity contribution in [3.05, 3.63) is 46.3 Å². The predicted octanol–water partition coefficient (Wildman–Crippen LogP) is 3.77. The molecular weight excluding hydrogens is 258 g/mol. The van der Waals surface area contributed by atoms with Crippen LogP contribution in [0.3, 0.4) is 0 Å². The summed E-state index contributed by atoms with van der Waals surface area (Å²) in [5.41, 5.74) is 2.20. The van der Waals surface area contributed by atoms with Gasteiger partial charge in [0.1, 0.15) is 10.9 Å². The van der Waals surface area contributed by atoms with Crippen LogP contribution >= 0.6 is 11.3 Å². The highest BCUT2D eigenvalue weighted by atomic mass is 32.1. The lowest BCUT2D eigenvalue weighted by molar-refractivity contribution is 0.0531.